The SMILES string of the molecule is CC[C@]12CCC3C4CCC(=O)C=C4CCC3C1CC1(CC1)[C@@]21C=CCO1. The fourth-order valence-corrected chi connectivity index (χ4v) is 8.81. The number of ketones is 1. The zero-order chi connectivity index (χ0) is 17.6. The van der Waals surface area contributed by atoms with Crippen LogP contribution in [0.1, 0.15) is 71.1 Å². The lowest BCUT2D eigenvalue weighted by molar-refractivity contribution is -0.140. The van der Waals surface area contributed by atoms with Crippen LogP contribution in [0.4, 0.5) is 0 Å². The van der Waals surface area contributed by atoms with Gasteiger partial charge in [0.15, 0.2) is 5.78 Å². The molecule has 1 aliphatic heterocycles. The molecular weight excluding hydrogens is 320 g/mol. The van der Waals surface area contributed by atoms with Crippen LogP contribution in [-0.4, -0.2) is 18.0 Å². The van der Waals surface area contributed by atoms with Gasteiger partial charge in [-0.1, -0.05) is 24.6 Å². The summed E-state index contributed by atoms with van der Waals surface area (Å²) in [5.41, 5.74) is 2.41. The Bertz CT molecular complexity index is 714. The quantitative estimate of drug-likeness (QED) is 0.604. The molecule has 0 aromatic heterocycles. The van der Waals surface area contributed by atoms with Crippen LogP contribution >= 0.6 is 0 Å². The summed E-state index contributed by atoms with van der Waals surface area (Å²) < 4.78 is 6.68. The first kappa shape index (κ1) is 16.1. The van der Waals surface area contributed by atoms with Crippen LogP contribution in [0.3, 0.4) is 0 Å². The lowest BCUT2D eigenvalue weighted by Gasteiger charge is -2.57. The number of carbonyl (C=O) groups excluding carboxylic acids is 1. The van der Waals surface area contributed by atoms with Gasteiger partial charge < -0.3 is 4.74 Å². The minimum Gasteiger partial charge on any atom is -0.366 e. The summed E-state index contributed by atoms with van der Waals surface area (Å²) >= 11 is 0. The second-order valence-corrected chi connectivity index (χ2v) is 10.3. The monoisotopic (exact) mass is 352 g/mol. The van der Waals surface area contributed by atoms with Crippen LogP contribution in [0, 0.1) is 34.5 Å². The van der Waals surface area contributed by atoms with Crippen molar-refractivity contribution in [1.82, 2.24) is 0 Å². The lowest BCUT2D eigenvalue weighted by atomic mass is 9.49. The summed E-state index contributed by atoms with van der Waals surface area (Å²) in [6.07, 6.45) is 19.5. The van der Waals surface area contributed by atoms with E-state index in [9.17, 15) is 4.79 Å². The molecule has 2 heteroatoms. The van der Waals surface area contributed by atoms with Crippen LogP contribution in [0.15, 0.2) is 23.8 Å². The molecule has 6 aliphatic rings. The van der Waals surface area contributed by atoms with Gasteiger partial charge in [0, 0.05) is 17.3 Å². The Morgan fingerprint density at radius 1 is 1.12 bits per heavy atom. The molecule has 2 nitrogen and oxygen atoms in total. The molecule has 26 heavy (non-hydrogen) atoms. The number of hydrogen-bond donors (Lipinski definition) is 0. The standard InChI is InChI=1S/C24H32O2/c1-2-23-10-8-19-18-7-5-17(25)14-16(18)4-6-20(19)21(23)15-22(11-12-22)24(23)9-3-13-26-24/h3,9,14,18-21H,2,4-8,10-13,15H2,1H3/t18?,19?,20?,21?,23-,24-/m0/s1. The van der Waals surface area contributed by atoms with Gasteiger partial charge >= 0.3 is 0 Å². The number of ether oxygens (including phenoxy) is 1. The van der Waals surface area contributed by atoms with Gasteiger partial charge in [-0.3, -0.25) is 4.79 Å². The molecule has 0 saturated heterocycles. The van der Waals surface area contributed by atoms with Crippen molar-refractivity contribution in [2.45, 2.75) is 76.7 Å². The normalized spacial score (nSPS) is 50.5. The van der Waals surface area contributed by atoms with Crippen molar-refractivity contribution in [3.8, 4) is 0 Å². The summed E-state index contributed by atoms with van der Waals surface area (Å²) in [6.45, 7) is 3.28. The highest BCUT2D eigenvalue weighted by molar-refractivity contribution is 5.91. The second-order valence-electron chi connectivity index (χ2n) is 10.3. The van der Waals surface area contributed by atoms with E-state index >= 15 is 0 Å². The van der Waals surface area contributed by atoms with Crippen LogP contribution in [0.5, 0.6) is 0 Å². The highest BCUT2D eigenvalue weighted by Gasteiger charge is 2.77. The van der Waals surface area contributed by atoms with Crippen molar-refractivity contribution in [2.75, 3.05) is 6.61 Å². The van der Waals surface area contributed by atoms with E-state index in [-0.39, 0.29) is 5.60 Å². The van der Waals surface area contributed by atoms with E-state index in [0.717, 1.165) is 37.2 Å². The zero-order valence-corrected chi connectivity index (χ0v) is 16.1. The molecule has 4 fully saturated rings. The first-order chi connectivity index (χ1) is 12.6. The number of fused-ring (bicyclic) bond motifs is 7. The van der Waals surface area contributed by atoms with Crippen LogP contribution < -0.4 is 0 Å². The molecule has 0 bridgehead atoms. The largest absolute Gasteiger partial charge is 0.366 e. The Kier molecular flexibility index (Phi) is 3.18. The van der Waals surface area contributed by atoms with Gasteiger partial charge in [-0.25, -0.2) is 0 Å². The maximum absolute atomic E-state index is 11.9. The van der Waals surface area contributed by atoms with E-state index in [2.05, 4.69) is 19.1 Å². The van der Waals surface area contributed by atoms with Gasteiger partial charge in [-0.15, -0.1) is 0 Å². The summed E-state index contributed by atoms with van der Waals surface area (Å²) in [5.74, 6) is 3.65. The number of rotatable bonds is 1. The van der Waals surface area contributed by atoms with Gasteiger partial charge in [-0.05, 0) is 87.5 Å². The Balaban J connectivity index is 1.41. The predicted molar refractivity (Wildman–Crippen MR) is 102 cm³/mol. The van der Waals surface area contributed by atoms with Crippen molar-refractivity contribution in [3.05, 3.63) is 23.8 Å². The van der Waals surface area contributed by atoms with Crippen molar-refractivity contribution in [3.63, 3.8) is 0 Å². The molecule has 6 atom stereocenters. The van der Waals surface area contributed by atoms with E-state index in [0.29, 0.717) is 22.5 Å². The molecule has 140 valence electrons. The Labute approximate surface area is 157 Å². The van der Waals surface area contributed by atoms with Crippen LogP contribution in [-0.2, 0) is 9.53 Å². The summed E-state index contributed by atoms with van der Waals surface area (Å²) in [6, 6.07) is 0. The molecule has 6 rings (SSSR count). The molecule has 4 unspecified atom stereocenters. The van der Waals surface area contributed by atoms with Crippen LogP contribution in [0.2, 0.25) is 0 Å². The second kappa shape index (κ2) is 5.13. The Morgan fingerprint density at radius 2 is 2.00 bits per heavy atom. The van der Waals surface area contributed by atoms with Crippen molar-refractivity contribution in [1.29, 1.82) is 0 Å². The zero-order valence-electron chi connectivity index (χ0n) is 16.1. The smallest absolute Gasteiger partial charge is 0.155 e. The Morgan fingerprint density at radius 3 is 2.73 bits per heavy atom. The maximum atomic E-state index is 11.9. The minimum absolute atomic E-state index is 0.0586. The molecule has 1 heterocycles. The first-order valence-electron chi connectivity index (χ1n) is 11.2. The third-order valence-corrected chi connectivity index (χ3v) is 9.89. The van der Waals surface area contributed by atoms with Crippen LogP contribution in [0.25, 0.3) is 0 Å². The highest BCUT2D eigenvalue weighted by Crippen LogP contribution is 2.79. The van der Waals surface area contributed by atoms with Crippen molar-refractivity contribution in [2.24, 2.45) is 34.5 Å². The molecule has 0 aromatic carbocycles. The van der Waals surface area contributed by atoms with Crippen molar-refractivity contribution >= 4 is 5.78 Å². The number of carbonyl (C=O) groups is 1. The fraction of sp³-hybridized carbons (Fsp3) is 0.792. The Hall–Kier alpha value is -0.890. The highest BCUT2D eigenvalue weighted by atomic mass is 16.5. The van der Waals surface area contributed by atoms with Gasteiger partial charge in [-0.2, -0.15) is 0 Å². The third kappa shape index (κ3) is 1.72. The van der Waals surface area contributed by atoms with E-state index in [1.165, 1.54) is 56.9 Å². The molecular formula is C24H32O2. The average molecular weight is 353 g/mol. The van der Waals surface area contributed by atoms with Gasteiger partial charge in [0.1, 0.15) is 0 Å². The minimum atomic E-state index is 0.0586. The molecule has 4 saturated carbocycles. The maximum Gasteiger partial charge on any atom is 0.155 e. The molecule has 0 amide bonds. The van der Waals surface area contributed by atoms with Gasteiger partial charge in [0.25, 0.3) is 0 Å². The third-order valence-electron chi connectivity index (χ3n) is 9.89. The van der Waals surface area contributed by atoms with Gasteiger partial charge in [0.05, 0.1) is 12.2 Å². The predicted octanol–water partition coefficient (Wildman–Crippen LogP) is 5.23. The van der Waals surface area contributed by atoms with Crippen molar-refractivity contribution < 1.29 is 9.53 Å². The number of hydrogen-bond acceptors (Lipinski definition) is 2. The first-order valence-corrected chi connectivity index (χ1v) is 11.2. The summed E-state index contributed by atoms with van der Waals surface area (Å²) in [5, 5.41) is 0. The van der Waals surface area contributed by atoms with E-state index in [1.807, 2.05) is 6.08 Å². The summed E-state index contributed by atoms with van der Waals surface area (Å²) in [7, 11) is 0. The van der Waals surface area contributed by atoms with Gasteiger partial charge in [0.2, 0.25) is 0 Å². The molecule has 2 spiro atoms. The van der Waals surface area contributed by atoms with E-state index in [4.69, 9.17) is 4.74 Å². The summed E-state index contributed by atoms with van der Waals surface area (Å²) in [4.78, 5) is 11.9. The topological polar surface area (TPSA) is 26.3 Å². The lowest BCUT2D eigenvalue weighted by Crippen LogP contribution is -2.55. The fourth-order valence-electron chi connectivity index (χ4n) is 8.81. The van der Waals surface area contributed by atoms with E-state index in [1.54, 1.807) is 0 Å². The molecule has 0 N–H and O–H groups in total. The number of allylic oxidation sites excluding steroid dienone is 1. The molecule has 0 aromatic rings. The van der Waals surface area contributed by atoms with E-state index < -0.39 is 0 Å². The molecule has 5 aliphatic carbocycles. The average Bonchev–Trinajstić information content (AvgIpc) is 3.19. The molecule has 0 radical (unpaired) electrons.